The van der Waals surface area contributed by atoms with E-state index in [1.54, 1.807) is 25.7 Å². The third kappa shape index (κ3) is 9.54. The van der Waals surface area contributed by atoms with Crippen molar-refractivity contribution in [2.75, 3.05) is 0 Å². The Balaban J connectivity index is 3.46. The van der Waals surface area contributed by atoms with Gasteiger partial charge < -0.3 is 20.3 Å². The van der Waals surface area contributed by atoms with Crippen molar-refractivity contribution in [3.8, 4) is 0 Å². The van der Waals surface area contributed by atoms with Gasteiger partial charge in [0.1, 0.15) is 17.7 Å². The number of carbonyl (C=O) groups excluding carboxylic acids is 3. The summed E-state index contributed by atoms with van der Waals surface area (Å²) in [5.41, 5.74) is 1.11. The van der Waals surface area contributed by atoms with Crippen LogP contribution in [0.25, 0.3) is 0 Å². The molecule has 4 atom stereocenters. The van der Waals surface area contributed by atoms with Gasteiger partial charge in [-0.2, -0.15) is 0 Å². The van der Waals surface area contributed by atoms with Crippen LogP contribution in [-0.4, -0.2) is 46.5 Å². The van der Waals surface area contributed by atoms with Crippen LogP contribution < -0.4 is 10.6 Å². The van der Waals surface area contributed by atoms with E-state index in [0.717, 1.165) is 24.0 Å². The highest BCUT2D eigenvalue weighted by Gasteiger charge is 2.39. The normalized spacial score (nSPS) is 15.1. The number of benzene rings is 1. The van der Waals surface area contributed by atoms with Crippen molar-refractivity contribution in [1.82, 2.24) is 15.5 Å². The third-order valence-corrected chi connectivity index (χ3v) is 5.99. The van der Waals surface area contributed by atoms with Crippen LogP contribution in [0.3, 0.4) is 0 Å². The first-order valence-electron chi connectivity index (χ1n) is 12.9. The number of ether oxygens (including phenoxy) is 1. The van der Waals surface area contributed by atoms with E-state index < -0.39 is 23.8 Å². The molecule has 3 amide bonds. The molecule has 0 aliphatic heterocycles. The average molecular weight is 490 g/mol. The molecule has 0 heterocycles. The Bertz CT molecular complexity index is 830. The first-order valence-corrected chi connectivity index (χ1v) is 12.9. The molecule has 0 aliphatic carbocycles. The van der Waals surface area contributed by atoms with Crippen molar-refractivity contribution in [2.45, 2.75) is 118 Å². The second kappa shape index (κ2) is 13.5. The summed E-state index contributed by atoms with van der Waals surface area (Å²) in [7, 11) is 0. The maximum atomic E-state index is 14.1. The lowest BCUT2D eigenvalue weighted by molar-refractivity contribution is -0.145. The van der Waals surface area contributed by atoms with Gasteiger partial charge in [-0.05, 0) is 66.4 Å². The predicted octanol–water partition coefficient (Wildman–Crippen LogP) is 5.52. The highest BCUT2D eigenvalue weighted by Crippen LogP contribution is 2.27. The maximum Gasteiger partial charge on any atom is 0.408 e. The second-order valence-corrected chi connectivity index (χ2v) is 10.9. The molecular formula is C28H47N3O4. The van der Waals surface area contributed by atoms with E-state index in [-0.39, 0.29) is 29.8 Å². The van der Waals surface area contributed by atoms with Gasteiger partial charge in [0.25, 0.3) is 0 Å². The quantitative estimate of drug-likeness (QED) is 0.429. The number of hydrogen-bond donors (Lipinski definition) is 2. The number of amides is 3. The topological polar surface area (TPSA) is 87.7 Å². The van der Waals surface area contributed by atoms with Crippen LogP contribution in [-0.2, 0) is 14.3 Å². The molecule has 0 radical (unpaired) electrons. The zero-order chi connectivity index (χ0) is 26.9. The standard InChI is InChI=1S/C28H47N3O4/c1-11-13-21(7)29-25(32)24(22-16-14-19(5)15-17-22)31(18(3)4)26(33)23(20(6)12-2)30-27(34)35-28(8,9)10/h14-18,20-21,23-24H,11-13H2,1-10H3,(H,29,32)(H,30,34). The molecule has 0 bridgehead atoms. The number of rotatable bonds is 11. The largest absolute Gasteiger partial charge is 0.444 e. The van der Waals surface area contributed by atoms with Crippen molar-refractivity contribution in [1.29, 1.82) is 0 Å². The van der Waals surface area contributed by atoms with Gasteiger partial charge in [-0.1, -0.05) is 63.4 Å². The monoisotopic (exact) mass is 489 g/mol. The summed E-state index contributed by atoms with van der Waals surface area (Å²) < 4.78 is 5.44. The molecule has 35 heavy (non-hydrogen) atoms. The number of nitrogens with one attached hydrogen (secondary N) is 2. The van der Waals surface area contributed by atoms with Crippen LogP contribution in [0.15, 0.2) is 24.3 Å². The Kier molecular flexibility index (Phi) is 11.7. The van der Waals surface area contributed by atoms with E-state index >= 15 is 0 Å². The molecule has 1 rings (SSSR count). The van der Waals surface area contributed by atoms with E-state index in [9.17, 15) is 14.4 Å². The van der Waals surface area contributed by atoms with Crippen LogP contribution in [0.1, 0.15) is 98.7 Å². The van der Waals surface area contributed by atoms with Crippen molar-refractivity contribution < 1.29 is 19.1 Å². The van der Waals surface area contributed by atoms with Gasteiger partial charge in [0.05, 0.1) is 0 Å². The Morgan fingerprint density at radius 1 is 0.971 bits per heavy atom. The van der Waals surface area contributed by atoms with Gasteiger partial charge in [-0.15, -0.1) is 0 Å². The number of aryl methyl sites for hydroxylation is 1. The number of nitrogens with zero attached hydrogens (tertiary/aromatic N) is 1. The molecule has 0 aliphatic rings. The van der Waals surface area contributed by atoms with E-state index in [0.29, 0.717) is 6.42 Å². The smallest absolute Gasteiger partial charge is 0.408 e. The molecule has 4 unspecified atom stereocenters. The first-order chi connectivity index (χ1) is 16.2. The summed E-state index contributed by atoms with van der Waals surface area (Å²) >= 11 is 0. The van der Waals surface area contributed by atoms with Crippen LogP contribution in [0, 0.1) is 12.8 Å². The fourth-order valence-corrected chi connectivity index (χ4v) is 3.97. The Labute approximate surface area is 212 Å². The lowest BCUT2D eigenvalue weighted by Crippen LogP contribution is -2.57. The minimum Gasteiger partial charge on any atom is -0.444 e. The molecule has 1 aromatic carbocycles. The summed E-state index contributed by atoms with van der Waals surface area (Å²) in [4.78, 5) is 41.9. The Hall–Kier alpha value is -2.57. The molecule has 0 saturated heterocycles. The molecular weight excluding hydrogens is 442 g/mol. The van der Waals surface area contributed by atoms with Crippen molar-refractivity contribution in [2.24, 2.45) is 5.92 Å². The summed E-state index contributed by atoms with van der Waals surface area (Å²) in [5, 5.41) is 5.88. The zero-order valence-corrected chi connectivity index (χ0v) is 23.4. The predicted molar refractivity (Wildman–Crippen MR) is 141 cm³/mol. The second-order valence-electron chi connectivity index (χ2n) is 10.9. The van der Waals surface area contributed by atoms with Crippen LogP contribution in [0.2, 0.25) is 0 Å². The highest BCUT2D eigenvalue weighted by atomic mass is 16.6. The van der Waals surface area contributed by atoms with Gasteiger partial charge in [-0.25, -0.2) is 4.79 Å². The lowest BCUT2D eigenvalue weighted by Gasteiger charge is -2.39. The molecule has 1 aromatic rings. The summed E-state index contributed by atoms with van der Waals surface area (Å²) in [6, 6.07) is 5.72. The molecule has 198 valence electrons. The van der Waals surface area contributed by atoms with Crippen LogP contribution in [0.4, 0.5) is 4.79 Å². The summed E-state index contributed by atoms with van der Waals surface area (Å²) in [5.74, 6) is -0.682. The summed E-state index contributed by atoms with van der Waals surface area (Å²) in [6.45, 7) is 19.0. The number of carbonyl (C=O) groups is 3. The molecule has 2 N–H and O–H groups in total. The van der Waals surface area contributed by atoms with E-state index in [2.05, 4.69) is 17.6 Å². The van der Waals surface area contributed by atoms with Gasteiger partial charge in [0.2, 0.25) is 11.8 Å². The van der Waals surface area contributed by atoms with Gasteiger partial charge >= 0.3 is 6.09 Å². The van der Waals surface area contributed by atoms with E-state index in [1.807, 2.05) is 65.8 Å². The minimum absolute atomic E-state index is 0.0187. The molecule has 0 saturated carbocycles. The molecule has 0 aromatic heterocycles. The number of alkyl carbamates (subject to hydrolysis) is 1. The molecule has 0 spiro atoms. The Morgan fingerprint density at radius 3 is 2.00 bits per heavy atom. The summed E-state index contributed by atoms with van der Waals surface area (Å²) in [6.07, 6.45) is 1.82. The Morgan fingerprint density at radius 2 is 1.54 bits per heavy atom. The van der Waals surface area contributed by atoms with Crippen LogP contribution >= 0.6 is 0 Å². The van der Waals surface area contributed by atoms with E-state index in [1.165, 1.54) is 0 Å². The lowest BCUT2D eigenvalue weighted by atomic mass is 9.94. The third-order valence-electron chi connectivity index (χ3n) is 5.99. The molecule has 0 fully saturated rings. The fraction of sp³-hybridized carbons (Fsp3) is 0.679. The van der Waals surface area contributed by atoms with E-state index in [4.69, 9.17) is 4.74 Å². The van der Waals surface area contributed by atoms with Crippen molar-refractivity contribution in [3.63, 3.8) is 0 Å². The van der Waals surface area contributed by atoms with Gasteiger partial charge in [0.15, 0.2) is 0 Å². The van der Waals surface area contributed by atoms with Crippen molar-refractivity contribution >= 4 is 17.9 Å². The van der Waals surface area contributed by atoms with Crippen molar-refractivity contribution in [3.05, 3.63) is 35.4 Å². The average Bonchev–Trinajstić information content (AvgIpc) is 2.74. The maximum absolute atomic E-state index is 14.1. The van der Waals surface area contributed by atoms with Gasteiger partial charge in [0, 0.05) is 12.1 Å². The highest BCUT2D eigenvalue weighted by molar-refractivity contribution is 5.92. The number of hydrogen-bond acceptors (Lipinski definition) is 4. The molecule has 7 heteroatoms. The zero-order valence-electron chi connectivity index (χ0n) is 23.4. The van der Waals surface area contributed by atoms with Gasteiger partial charge in [-0.3, -0.25) is 9.59 Å². The first kappa shape index (κ1) is 30.5. The SMILES string of the molecule is CCCC(C)NC(=O)C(c1ccc(C)cc1)N(C(=O)C(NC(=O)OC(C)(C)C)C(C)CC)C(C)C. The fourth-order valence-electron chi connectivity index (χ4n) is 3.97. The van der Waals surface area contributed by atoms with Crippen LogP contribution in [0.5, 0.6) is 0 Å². The minimum atomic E-state index is -0.828. The molecule has 7 nitrogen and oxygen atoms in total.